The van der Waals surface area contributed by atoms with Crippen LogP contribution in [-0.2, 0) is 4.79 Å². The summed E-state index contributed by atoms with van der Waals surface area (Å²) in [4.78, 5) is 29.6. The lowest BCUT2D eigenvalue weighted by molar-refractivity contribution is -0.132. The second-order valence-corrected chi connectivity index (χ2v) is 8.49. The maximum atomic E-state index is 13.0. The Hall–Kier alpha value is -2.39. The highest BCUT2D eigenvalue weighted by Crippen LogP contribution is 2.34. The van der Waals surface area contributed by atoms with Gasteiger partial charge in [0, 0.05) is 38.0 Å². The van der Waals surface area contributed by atoms with Crippen molar-refractivity contribution in [1.29, 1.82) is 0 Å². The largest absolute Gasteiger partial charge is 0.338 e. The lowest BCUT2D eigenvalue weighted by Crippen LogP contribution is -2.59. The number of likely N-dealkylation sites (tertiary alicyclic amines) is 1. The number of amides is 2. The summed E-state index contributed by atoms with van der Waals surface area (Å²) in [7, 11) is 0. The molecule has 0 saturated carbocycles. The molecule has 2 amide bonds. The third-order valence-corrected chi connectivity index (χ3v) is 6.47. The molecule has 2 aliphatic heterocycles. The van der Waals surface area contributed by atoms with Crippen LogP contribution < -0.4 is 5.32 Å². The lowest BCUT2D eigenvalue weighted by Gasteiger charge is -2.44. The summed E-state index contributed by atoms with van der Waals surface area (Å²) in [6.45, 7) is 5.50. The van der Waals surface area contributed by atoms with Gasteiger partial charge in [-0.05, 0) is 46.9 Å². The fraction of sp³-hybridized carbons (Fsp3) is 0.500. The van der Waals surface area contributed by atoms with Crippen LogP contribution in [0.2, 0.25) is 0 Å². The fourth-order valence-corrected chi connectivity index (χ4v) is 4.75. The quantitative estimate of drug-likeness (QED) is 0.721. The Balaban J connectivity index is 1.47. The predicted molar refractivity (Wildman–Crippen MR) is 112 cm³/mol. The van der Waals surface area contributed by atoms with Crippen LogP contribution in [-0.4, -0.2) is 75.3 Å². The van der Waals surface area contributed by atoms with Gasteiger partial charge in [0.15, 0.2) is 0 Å². The number of benzene rings is 1. The van der Waals surface area contributed by atoms with E-state index in [1.165, 1.54) is 0 Å². The molecule has 154 valence electrons. The van der Waals surface area contributed by atoms with Gasteiger partial charge in [-0.3, -0.25) is 14.9 Å². The number of hydrogen-bond donors (Lipinski definition) is 1. The molecule has 2 aliphatic rings. The molecule has 2 saturated heterocycles. The summed E-state index contributed by atoms with van der Waals surface area (Å²) in [6, 6.07) is 5.04. The molecule has 1 aromatic heterocycles. The fourth-order valence-electron chi connectivity index (χ4n) is 4.28. The van der Waals surface area contributed by atoms with E-state index in [1.54, 1.807) is 36.0 Å². The van der Waals surface area contributed by atoms with Gasteiger partial charge < -0.3 is 9.80 Å². The van der Waals surface area contributed by atoms with Crippen LogP contribution >= 0.6 is 11.8 Å². The molecule has 1 aromatic carbocycles. The van der Waals surface area contributed by atoms with E-state index in [1.807, 2.05) is 16.1 Å². The first kappa shape index (κ1) is 19.9. The Labute approximate surface area is 173 Å². The highest BCUT2D eigenvalue weighted by molar-refractivity contribution is 7.98. The highest BCUT2D eigenvalue weighted by Gasteiger charge is 2.51. The Kier molecular flexibility index (Phi) is 5.60. The zero-order chi connectivity index (χ0) is 20.4. The van der Waals surface area contributed by atoms with Crippen LogP contribution in [0, 0.1) is 0 Å². The molecule has 0 bridgehead atoms. The van der Waals surface area contributed by atoms with Gasteiger partial charge in [-0.25, -0.2) is 4.63 Å². The van der Waals surface area contributed by atoms with Gasteiger partial charge in [-0.1, -0.05) is 6.08 Å². The molecule has 1 atom stereocenters. The number of rotatable bonds is 6. The van der Waals surface area contributed by atoms with Crippen molar-refractivity contribution < 1.29 is 14.2 Å². The second kappa shape index (κ2) is 8.16. The van der Waals surface area contributed by atoms with Crippen LogP contribution in [0.5, 0.6) is 0 Å². The van der Waals surface area contributed by atoms with E-state index >= 15 is 0 Å². The average molecular weight is 416 g/mol. The molecule has 1 spiro atoms. The van der Waals surface area contributed by atoms with Crippen LogP contribution in [0.1, 0.15) is 29.6 Å². The number of carbonyl (C=O) groups is 2. The van der Waals surface area contributed by atoms with Gasteiger partial charge in [0.2, 0.25) is 5.91 Å². The topological polar surface area (TPSA) is 91.6 Å². The van der Waals surface area contributed by atoms with Crippen molar-refractivity contribution in [2.45, 2.75) is 31.0 Å². The molecule has 2 aromatic rings. The zero-order valence-electron chi connectivity index (χ0n) is 16.5. The molecule has 8 nitrogen and oxygen atoms in total. The van der Waals surface area contributed by atoms with E-state index in [0.29, 0.717) is 49.1 Å². The minimum Gasteiger partial charge on any atom is -0.338 e. The minimum atomic E-state index is -0.398. The van der Waals surface area contributed by atoms with E-state index in [-0.39, 0.29) is 17.9 Å². The maximum Gasteiger partial charge on any atom is 0.253 e. The zero-order valence-corrected chi connectivity index (χ0v) is 17.3. The molecule has 2 fully saturated rings. The van der Waals surface area contributed by atoms with Crippen molar-refractivity contribution in [3.63, 3.8) is 0 Å². The number of piperidine rings is 1. The van der Waals surface area contributed by atoms with Gasteiger partial charge >= 0.3 is 0 Å². The first-order chi connectivity index (χ1) is 14.1. The summed E-state index contributed by atoms with van der Waals surface area (Å²) >= 11 is 1.74. The van der Waals surface area contributed by atoms with Crippen LogP contribution in [0.4, 0.5) is 0 Å². The molecule has 3 heterocycles. The smallest absolute Gasteiger partial charge is 0.253 e. The van der Waals surface area contributed by atoms with Crippen molar-refractivity contribution in [1.82, 2.24) is 25.4 Å². The summed E-state index contributed by atoms with van der Waals surface area (Å²) in [5.41, 5.74) is 1.37. The van der Waals surface area contributed by atoms with E-state index in [4.69, 9.17) is 4.63 Å². The molecular formula is C20H25N5O3S. The molecule has 0 aliphatic carbocycles. The lowest BCUT2D eigenvalue weighted by atomic mass is 9.95. The average Bonchev–Trinajstić information content (AvgIpc) is 3.31. The van der Waals surface area contributed by atoms with Crippen molar-refractivity contribution in [3.05, 3.63) is 36.4 Å². The number of carbonyl (C=O) groups excluding carboxylic acids is 2. The second-order valence-electron chi connectivity index (χ2n) is 7.51. The van der Waals surface area contributed by atoms with Crippen molar-refractivity contribution in [3.8, 4) is 0 Å². The van der Waals surface area contributed by atoms with Gasteiger partial charge in [0.1, 0.15) is 11.0 Å². The number of hydrogen-bond acceptors (Lipinski definition) is 7. The monoisotopic (exact) mass is 415 g/mol. The molecule has 4 rings (SSSR count). The van der Waals surface area contributed by atoms with Crippen molar-refractivity contribution in [2.75, 3.05) is 31.6 Å². The SMILES string of the molecule is C=CCN1C(=O)C(CCSC)NC12CCN(C(=O)c1ccc3nonc3c1)CC2. The minimum absolute atomic E-state index is 0.0386. The third-order valence-electron chi connectivity index (χ3n) is 5.82. The Morgan fingerprint density at radius 2 is 2.14 bits per heavy atom. The third kappa shape index (κ3) is 3.64. The molecular weight excluding hydrogens is 390 g/mol. The van der Waals surface area contributed by atoms with Gasteiger partial charge in [-0.15, -0.1) is 6.58 Å². The predicted octanol–water partition coefficient (Wildman–Crippen LogP) is 1.89. The first-order valence-corrected chi connectivity index (χ1v) is 11.2. The van der Waals surface area contributed by atoms with Crippen LogP contribution in [0.3, 0.4) is 0 Å². The Bertz CT molecular complexity index is 922. The van der Waals surface area contributed by atoms with Crippen LogP contribution in [0.25, 0.3) is 11.0 Å². The number of fused-ring (bicyclic) bond motifs is 1. The van der Waals surface area contributed by atoms with E-state index in [2.05, 4.69) is 22.2 Å². The van der Waals surface area contributed by atoms with E-state index < -0.39 is 5.66 Å². The molecule has 9 heteroatoms. The normalized spacial score (nSPS) is 21.3. The summed E-state index contributed by atoms with van der Waals surface area (Å²) in [6.07, 6.45) is 6.03. The van der Waals surface area contributed by atoms with Gasteiger partial charge in [-0.2, -0.15) is 11.8 Å². The van der Waals surface area contributed by atoms with Gasteiger partial charge in [0.05, 0.1) is 11.7 Å². The molecule has 0 radical (unpaired) electrons. The van der Waals surface area contributed by atoms with Gasteiger partial charge in [0.25, 0.3) is 5.91 Å². The molecule has 29 heavy (non-hydrogen) atoms. The Morgan fingerprint density at radius 3 is 2.86 bits per heavy atom. The number of aromatic nitrogens is 2. The molecule has 1 N–H and O–H groups in total. The summed E-state index contributed by atoms with van der Waals surface area (Å²) in [5, 5.41) is 11.2. The van der Waals surface area contributed by atoms with Crippen molar-refractivity contribution in [2.24, 2.45) is 0 Å². The maximum absolute atomic E-state index is 13.0. The van der Waals surface area contributed by atoms with Crippen LogP contribution in [0.15, 0.2) is 35.5 Å². The number of thioether (sulfide) groups is 1. The highest BCUT2D eigenvalue weighted by atomic mass is 32.2. The number of nitrogens with zero attached hydrogens (tertiary/aromatic N) is 4. The standard InChI is InChI=1S/C20H25N5O3S/c1-3-9-25-19(27)16(6-12-29-2)21-20(25)7-10-24(11-8-20)18(26)14-4-5-15-17(13-14)23-28-22-15/h3-5,13,16,21H,1,6-12H2,2H3. The summed E-state index contributed by atoms with van der Waals surface area (Å²) < 4.78 is 4.71. The summed E-state index contributed by atoms with van der Waals surface area (Å²) in [5.74, 6) is 1.04. The van der Waals surface area contributed by atoms with Crippen molar-refractivity contribution >= 4 is 34.6 Å². The molecule has 1 unspecified atom stereocenters. The van der Waals surface area contributed by atoms with E-state index in [0.717, 1.165) is 12.2 Å². The van der Waals surface area contributed by atoms with E-state index in [9.17, 15) is 9.59 Å². The first-order valence-electron chi connectivity index (χ1n) is 9.78. The number of nitrogens with one attached hydrogen (secondary N) is 1. The Morgan fingerprint density at radius 1 is 1.38 bits per heavy atom.